The summed E-state index contributed by atoms with van der Waals surface area (Å²) in [6.07, 6.45) is 0. The molecule has 2 aromatic carbocycles. The number of hydrogen-bond donors (Lipinski definition) is 1. The summed E-state index contributed by atoms with van der Waals surface area (Å²) in [6.45, 7) is 7.74. The number of amides is 2. The highest BCUT2D eigenvalue weighted by Crippen LogP contribution is 2.16. The second-order valence-electron chi connectivity index (χ2n) is 5.98. The lowest BCUT2D eigenvalue weighted by Crippen LogP contribution is -2.43. The zero-order valence-electron chi connectivity index (χ0n) is 14.7. The molecule has 0 aliphatic carbocycles. The SMILES string of the molecule is CCNC(=O)N(Cc1ccc(OCc2ccccc2)cc1)C(C)C. The van der Waals surface area contributed by atoms with Crippen LogP contribution < -0.4 is 10.1 Å². The maximum Gasteiger partial charge on any atom is 0.317 e. The van der Waals surface area contributed by atoms with Crippen LogP contribution in [0.1, 0.15) is 31.9 Å². The zero-order valence-corrected chi connectivity index (χ0v) is 14.7. The van der Waals surface area contributed by atoms with Crippen molar-refractivity contribution in [2.24, 2.45) is 0 Å². The van der Waals surface area contributed by atoms with E-state index in [4.69, 9.17) is 4.74 Å². The molecule has 0 bridgehead atoms. The molecule has 24 heavy (non-hydrogen) atoms. The summed E-state index contributed by atoms with van der Waals surface area (Å²) in [5, 5.41) is 2.86. The maximum absolute atomic E-state index is 12.1. The second kappa shape index (κ2) is 8.96. The number of hydrogen-bond acceptors (Lipinski definition) is 2. The van der Waals surface area contributed by atoms with Crippen molar-refractivity contribution in [3.63, 3.8) is 0 Å². The van der Waals surface area contributed by atoms with Crippen molar-refractivity contribution in [1.82, 2.24) is 10.2 Å². The van der Waals surface area contributed by atoms with Gasteiger partial charge in [-0.1, -0.05) is 42.5 Å². The van der Waals surface area contributed by atoms with E-state index in [0.717, 1.165) is 16.9 Å². The van der Waals surface area contributed by atoms with E-state index in [1.54, 1.807) is 0 Å². The van der Waals surface area contributed by atoms with Gasteiger partial charge in [0.15, 0.2) is 0 Å². The third-order valence-electron chi connectivity index (χ3n) is 3.74. The zero-order chi connectivity index (χ0) is 17.4. The third kappa shape index (κ3) is 5.30. The van der Waals surface area contributed by atoms with Crippen LogP contribution in [0.15, 0.2) is 54.6 Å². The van der Waals surface area contributed by atoms with Crippen molar-refractivity contribution in [3.8, 4) is 5.75 Å². The molecule has 2 rings (SSSR count). The van der Waals surface area contributed by atoms with Crippen LogP contribution >= 0.6 is 0 Å². The predicted molar refractivity (Wildman–Crippen MR) is 97.0 cm³/mol. The summed E-state index contributed by atoms with van der Waals surface area (Å²) in [5.41, 5.74) is 2.23. The minimum atomic E-state index is -0.0306. The fourth-order valence-corrected chi connectivity index (χ4v) is 2.37. The highest BCUT2D eigenvalue weighted by Gasteiger charge is 2.16. The van der Waals surface area contributed by atoms with Crippen LogP contribution in [-0.2, 0) is 13.2 Å². The van der Waals surface area contributed by atoms with E-state index in [-0.39, 0.29) is 12.1 Å². The molecule has 4 nitrogen and oxygen atoms in total. The van der Waals surface area contributed by atoms with Crippen molar-refractivity contribution in [2.75, 3.05) is 6.54 Å². The van der Waals surface area contributed by atoms with E-state index in [1.807, 2.05) is 80.3 Å². The normalized spacial score (nSPS) is 10.5. The Hall–Kier alpha value is -2.49. The van der Waals surface area contributed by atoms with Crippen molar-refractivity contribution < 1.29 is 9.53 Å². The summed E-state index contributed by atoms with van der Waals surface area (Å²) in [5.74, 6) is 0.830. The van der Waals surface area contributed by atoms with Gasteiger partial charge in [0.2, 0.25) is 0 Å². The largest absolute Gasteiger partial charge is 0.489 e. The minimum Gasteiger partial charge on any atom is -0.489 e. The molecule has 4 heteroatoms. The number of ether oxygens (including phenoxy) is 1. The molecular formula is C20H26N2O2. The Labute approximate surface area is 144 Å². The lowest BCUT2D eigenvalue weighted by atomic mass is 10.2. The molecule has 128 valence electrons. The molecule has 0 radical (unpaired) electrons. The van der Waals surface area contributed by atoms with Crippen LogP contribution in [0.25, 0.3) is 0 Å². The molecule has 0 fully saturated rings. The molecule has 0 atom stereocenters. The first-order valence-electron chi connectivity index (χ1n) is 8.40. The number of carbonyl (C=O) groups excluding carboxylic acids is 1. The number of carbonyl (C=O) groups is 1. The van der Waals surface area contributed by atoms with Crippen LogP contribution in [0.3, 0.4) is 0 Å². The van der Waals surface area contributed by atoms with E-state index in [9.17, 15) is 4.79 Å². The van der Waals surface area contributed by atoms with Crippen LogP contribution in [0, 0.1) is 0 Å². The van der Waals surface area contributed by atoms with E-state index in [1.165, 1.54) is 0 Å². The van der Waals surface area contributed by atoms with Crippen molar-refractivity contribution >= 4 is 6.03 Å². The fourth-order valence-electron chi connectivity index (χ4n) is 2.37. The number of nitrogens with zero attached hydrogens (tertiary/aromatic N) is 1. The quantitative estimate of drug-likeness (QED) is 0.828. The molecule has 0 aromatic heterocycles. The Morgan fingerprint density at radius 3 is 2.29 bits per heavy atom. The standard InChI is InChI=1S/C20H26N2O2/c1-4-21-20(23)22(16(2)3)14-17-10-12-19(13-11-17)24-15-18-8-6-5-7-9-18/h5-13,16H,4,14-15H2,1-3H3,(H,21,23). The van der Waals surface area contributed by atoms with Gasteiger partial charge in [0, 0.05) is 19.1 Å². The lowest BCUT2D eigenvalue weighted by molar-refractivity contribution is 0.180. The minimum absolute atomic E-state index is 0.0306. The molecule has 0 aliphatic rings. The fraction of sp³-hybridized carbons (Fsp3) is 0.350. The first-order chi connectivity index (χ1) is 11.6. The van der Waals surface area contributed by atoms with E-state index in [0.29, 0.717) is 19.7 Å². The molecule has 0 aliphatic heterocycles. The van der Waals surface area contributed by atoms with Crippen molar-refractivity contribution in [2.45, 2.75) is 40.0 Å². The van der Waals surface area contributed by atoms with Gasteiger partial charge in [0.05, 0.1) is 0 Å². The number of rotatable bonds is 7. The molecule has 2 amide bonds. The van der Waals surface area contributed by atoms with Gasteiger partial charge in [-0.2, -0.15) is 0 Å². The van der Waals surface area contributed by atoms with E-state index < -0.39 is 0 Å². The van der Waals surface area contributed by atoms with Gasteiger partial charge in [0.25, 0.3) is 0 Å². The van der Waals surface area contributed by atoms with Gasteiger partial charge in [-0.25, -0.2) is 4.79 Å². The lowest BCUT2D eigenvalue weighted by Gasteiger charge is -2.27. The molecule has 0 spiro atoms. The van der Waals surface area contributed by atoms with Crippen LogP contribution in [0.4, 0.5) is 4.79 Å². The number of nitrogens with one attached hydrogen (secondary N) is 1. The van der Waals surface area contributed by atoms with Crippen LogP contribution in [0.5, 0.6) is 5.75 Å². The second-order valence-corrected chi connectivity index (χ2v) is 5.98. The van der Waals surface area contributed by atoms with Gasteiger partial charge in [-0.3, -0.25) is 0 Å². The topological polar surface area (TPSA) is 41.6 Å². The Morgan fingerprint density at radius 1 is 1.04 bits per heavy atom. The summed E-state index contributed by atoms with van der Waals surface area (Å²) in [4.78, 5) is 13.9. The smallest absolute Gasteiger partial charge is 0.317 e. The molecular weight excluding hydrogens is 300 g/mol. The molecule has 0 unspecified atom stereocenters. The number of benzene rings is 2. The molecule has 1 N–H and O–H groups in total. The van der Waals surface area contributed by atoms with Crippen molar-refractivity contribution in [1.29, 1.82) is 0 Å². The van der Waals surface area contributed by atoms with E-state index in [2.05, 4.69) is 5.32 Å². The number of urea groups is 1. The van der Waals surface area contributed by atoms with Gasteiger partial charge in [-0.05, 0) is 44.0 Å². The monoisotopic (exact) mass is 326 g/mol. The van der Waals surface area contributed by atoms with Gasteiger partial charge in [0.1, 0.15) is 12.4 Å². The molecule has 0 saturated heterocycles. The molecule has 0 saturated carbocycles. The summed E-state index contributed by atoms with van der Waals surface area (Å²) < 4.78 is 5.79. The Morgan fingerprint density at radius 2 is 1.71 bits per heavy atom. The summed E-state index contributed by atoms with van der Waals surface area (Å²) >= 11 is 0. The average Bonchev–Trinajstić information content (AvgIpc) is 2.59. The highest BCUT2D eigenvalue weighted by molar-refractivity contribution is 5.74. The van der Waals surface area contributed by atoms with E-state index >= 15 is 0 Å². The van der Waals surface area contributed by atoms with Gasteiger partial charge < -0.3 is 15.0 Å². The highest BCUT2D eigenvalue weighted by atomic mass is 16.5. The Kier molecular flexibility index (Phi) is 6.67. The molecule has 0 heterocycles. The first kappa shape index (κ1) is 17.9. The third-order valence-corrected chi connectivity index (χ3v) is 3.74. The van der Waals surface area contributed by atoms with Gasteiger partial charge in [-0.15, -0.1) is 0 Å². The first-order valence-corrected chi connectivity index (χ1v) is 8.40. The summed E-state index contributed by atoms with van der Waals surface area (Å²) in [7, 11) is 0. The van der Waals surface area contributed by atoms with Crippen LogP contribution in [0.2, 0.25) is 0 Å². The average molecular weight is 326 g/mol. The summed E-state index contributed by atoms with van der Waals surface area (Å²) in [6, 6.07) is 18.1. The molecule has 2 aromatic rings. The van der Waals surface area contributed by atoms with Crippen molar-refractivity contribution in [3.05, 3.63) is 65.7 Å². The maximum atomic E-state index is 12.1. The van der Waals surface area contributed by atoms with Gasteiger partial charge >= 0.3 is 6.03 Å². The Bertz CT molecular complexity index is 624. The van der Waals surface area contributed by atoms with Crippen LogP contribution in [-0.4, -0.2) is 23.5 Å². The Balaban J connectivity index is 1.94. The predicted octanol–water partition coefficient (Wildman–Crippen LogP) is 4.21.